The molecular weight excluding hydrogens is 242 g/mol. The molecule has 0 aliphatic heterocycles. The molecule has 1 aliphatic rings. The third-order valence-corrected chi connectivity index (χ3v) is 4.82. The Kier molecular flexibility index (Phi) is 5.08. The van der Waals surface area contributed by atoms with Crippen LogP contribution < -0.4 is 5.73 Å². The van der Waals surface area contributed by atoms with Crippen LogP contribution in [0.4, 0.5) is 0 Å². The van der Waals surface area contributed by atoms with Gasteiger partial charge in [-0.05, 0) is 36.3 Å². The zero-order chi connectivity index (χ0) is 13.0. The van der Waals surface area contributed by atoms with Crippen molar-refractivity contribution in [1.29, 1.82) is 0 Å². The zero-order valence-electron chi connectivity index (χ0n) is 11.2. The predicted octanol–water partition coefficient (Wildman–Crippen LogP) is 4.43. The maximum atomic E-state index is 6.46. The van der Waals surface area contributed by atoms with Gasteiger partial charge in [0.2, 0.25) is 0 Å². The van der Waals surface area contributed by atoms with Gasteiger partial charge in [-0.25, -0.2) is 0 Å². The van der Waals surface area contributed by atoms with Gasteiger partial charge in [-0.2, -0.15) is 0 Å². The Morgan fingerprint density at radius 2 is 2.00 bits per heavy atom. The molecule has 0 spiro atoms. The van der Waals surface area contributed by atoms with Crippen molar-refractivity contribution in [2.75, 3.05) is 0 Å². The van der Waals surface area contributed by atoms with Gasteiger partial charge in [0.25, 0.3) is 0 Å². The number of nitrogens with two attached hydrogens (primary N) is 1. The highest BCUT2D eigenvalue weighted by atomic mass is 35.5. The Hall–Kier alpha value is -0.530. The van der Waals surface area contributed by atoms with E-state index in [9.17, 15) is 0 Å². The fourth-order valence-corrected chi connectivity index (χ4v) is 3.59. The summed E-state index contributed by atoms with van der Waals surface area (Å²) in [4.78, 5) is 0. The van der Waals surface area contributed by atoms with Crippen LogP contribution in [-0.4, -0.2) is 6.04 Å². The highest BCUT2D eigenvalue weighted by Crippen LogP contribution is 2.35. The van der Waals surface area contributed by atoms with E-state index in [1.165, 1.54) is 37.7 Å². The summed E-state index contributed by atoms with van der Waals surface area (Å²) >= 11 is 6.22. The Bertz CT molecular complexity index is 377. The second-order valence-corrected chi connectivity index (χ2v) is 5.98. The van der Waals surface area contributed by atoms with Gasteiger partial charge in [0.05, 0.1) is 0 Å². The summed E-state index contributed by atoms with van der Waals surface area (Å²) < 4.78 is 0. The van der Waals surface area contributed by atoms with E-state index in [1.807, 2.05) is 18.2 Å². The van der Waals surface area contributed by atoms with Crippen molar-refractivity contribution in [3.63, 3.8) is 0 Å². The van der Waals surface area contributed by atoms with Crippen molar-refractivity contribution < 1.29 is 0 Å². The second kappa shape index (κ2) is 6.58. The molecule has 2 heteroatoms. The van der Waals surface area contributed by atoms with Crippen molar-refractivity contribution in [2.24, 2.45) is 17.6 Å². The van der Waals surface area contributed by atoms with E-state index in [0.717, 1.165) is 17.4 Å². The van der Waals surface area contributed by atoms with E-state index in [-0.39, 0.29) is 6.04 Å². The lowest BCUT2D eigenvalue weighted by Crippen LogP contribution is -2.38. The van der Waals surface area contributed by atoms with Crippen LogP contribution in [0.15, 0.2) is 24.3 Å². The Morgan fingerprint density at radius 3 is 2.72 bits per heavy atom. The average molecular weight is 266 g/mol. The summed E-state index contributed by atoms with van der Waals surface area (Å²) in [5.74, 6) is 1.50. The van der Waals surface area contributed by atoms with Gasteiger partial charge < -0.3 is 5.73 Å². The van der Waals surface area contributed by atoms with E-state index in [2.05, 4.69) is 13.0 Å². The van der Waals surface area contributed by atoms with Gasteiger partial charge in [-0.1, -0.05) is 62.4 Å². The molecule has 0 saturated heterocycles. The minimum atomic E-state index is 0.259. The first-order valence-electron chi connectivity index (χ1n) is 7.21. The smallest absolute Gasteiger partial charge is 0.0438 e. The molecule has 0 amide bonds. The Morgan fingerprint density at radius 1 is 1.28 bits per heavy atom. The molecular formula is C16H24ClN. The maximum absolute atomic E-state index is 6.46. The summed E-state index contributed by atoms with van der Waals surface area (Å²) in [7, 11) is 0. The molecule has 0 aromatic heterocycles. The van der Waals surface area contributed by atoms with Crippen LogP contribution in [0.25, 0.3) is 0 Å². The highest BCUT2D eigenvalue weighted by Gasteiger charge is 2.28. The molecule has 2 N–H and O–H groups in total. The molecule has 3 unspecified atom stereocenters. The molecule has 1 fully saturated rings. The Labute approximate surface area is 116 Å². The van der Waals surface area contributed by atoms with Gasteiger partial charge in [0, 0.05) is 11.1 Å². The predicted molar refractivity (Wildman–Crippen MR) is 78.9 cm³/mol. The normalized spacial score (nSPS) is 25.9. The standard InChI is InChI=1S/C16H24ClN/c1-2-12-7-3-5-9-14(12)16(18)11-13-8-4-6-10-15(13)17/h4,6,8,10,12,14,16H,2-3,5,7,9,11,18H2,1H3. The lowest BCUT2D eigenvalue weighted by Gasteiger charge is -2.35. The maximum Gasteiger partial charge on any atom is 0.0438 e. The van der Waals surface area contributed by atoms with E-state index in [1.54, 1.807) is 0 Å². The van der Waals surface area contributed by atoms with Gasteiger partial charge >= 0.3 is 0 Å². The first-order valence-corrected chi connectivity index (χ1v) is 7.59. The number of hydrogen-bond acceptors (Lipinski definition) is 1. The van der Waals surface area contributed by atoms with Crippen molar-refractivity contribution in [3.8, 4) is 0 Å². The quantitative estimate of drug-likeness (QED) is 0.857. The molecule has 1 nitrogen and oxygen atoms in total. The summed E-state index contributed by atoms with van der Waals surface area (Å²) in [5.41, 5.74) is 7.66. The molecule has 1 aromatic rings. The fraction of sp³-hybridized carbons (Fsp3) is 0.625. The topological polar surface area (TPSA) is 26.0 Å². The van der Waals surface area contributed by atoms with Crippen LogP contribution in [0, 0.1) is 11.8 Å². The van der Waals surface area contributed by atoms with E-state index in [4.69, 9.17) is 17.3 Å². The molecule has 1 aliphatic carbocycles. The summed E-state index contributed by atoms with van der Waals surface area (Å²) in [6.07, 6.45) is 7.56. The first-order chi connectivity index (χ1) is 8.72. The molecule has 0 bridgehead atoms. The lowest BCUT2D eigenvalue weighted by atomic mass is 9.73. The van der Waals surface area contributed by atoms with Crippen molar-refractivity contribution in [1.82, 2.24) is 0 Å². The molecule has 0 radical (unpaired) electrons. The molecule has 1 aromatic carbocycles. The van der Waals surface area contributed by atoms with Crippen LogP contribution in [0.2, 0.25) is 5.02 Å². The summed E-state index contributed by atoms with van der Waals surface area (Å²) in [6.45, 7) is 2.30. The number of hydrogen-bond donors (Lipinski definition) is 1. The van der Waals surface area contributed by atoms with Gasteiger partial charge in [0.1, 0.15) is 0 Å². The van der Waals surface area contributed by atoms with Crippen LogP contribution in [0.5, 0.6) is 0 Å². The number of halogens is 1. The summed E-state index contributed by atoms with van der Waals surface area (Å²) in [6, 6.07) is 8.35. The monoisotopic (exact) mass is 265 g/mol. The van der Waals surface area contributed by atoms with E-state index in [0.29, 0.717) is 5.92 Å². The third-order valence-electron chi connectivity index (χ3n) is 4.46. The first kappa shape index (κ1) is 13.9. The summed E-state index contributed by atoms with van der Waals surface area (Å²) in [5, 5.41) is 0.858. The molecule has 2 rings (SSSR count). The molecule has 3 atom stereocenters. The van der Waals surface area contributed by atoms with Crippen LogP contribution in [-0.2, 0) is 6.42 Å². The van der Waals surface area contributed by atoms with Crippen LogP contribution in [0.3, 0.4) is 0 Å². The van der Waals surface area contributed by atoms with Crippen molar-refractivity contribution in [2.45, 2.75) is 51.5 Å². The van der Waals surface area contributed by atoms with Crippen molar-refractivity contribution >= 4 is 11.6 Å². The minimum Gasteiger partial charge on any atom is -0.327 e. The van der Waals surface area contributed by atoms with Crippen LogP contribution >= 0.6 is 11.6 Å². The highest BCUT2D eigenvalue weighted by molar-refractivity contribution is 6.31. The largest absolute Gasteiger partial charge is 0.327 e. The SMILES string of the molecule is CCC1CCCCC1C(N)Cc1ccccc1Cl. The zero-order valence-corrected chi connectivity index (χ0v) is 12.0. The van der Waals surface area contributed by atoms with Gasteiger partial charge in [-0.15, -0.1) is 0 Å². The fourth-order valence-electron chi connectivity index (χ4n) is 3.38. The second-order valence-electron chi connectivity index (χ2n) is 5.58. The molecule has 18 heavy (non-hydrogen) atoms. The van der Waals surface area contributed by atoms with Gasteiger partial charge in [0.15, 0.2) is 0 Å². The van der Waals surface area contributed by atoms with Crippen LogP contribution in [0.1, 0.15) is 44.6 Å². The van der Waals surface area contributed by atoms with E-state index < -0.39 is 0 Å². The van der Waals surface area contributed by atoms with E-state index >= 15 is 0 Å². The van der Waals surface area contributed by atoms with Gasteiger partial charge in [-0.3, -0.25) is 0 Å². The Balaban J connectivity index is 2.02. The molecule has 0 heterocycles. The lowest BCUT2D eigenvalue weighted by molar-refractivity contribution is 0.195. The third kappa shape index (κ3) is 3.27. The molecule has 1 saturated carbocycles. The van der Waals surface area contributed by atoms with Crippen molar-refractivity contribution in [3.05, 3.63) is 34.9 Å². The average Bonchev–Trinajstić information content (AvgIpc) is 2.41. The number of benzene rings is 1. The minimum absolute atomic E-state index is 0.259. The number of rotatable bonds is 4. The molecule has 100 valence electrons.